The molecule has 1 fully saturated rings. The van der Waals surface area contributed by atoms with Crippen LogP contribution in [0.3, 0.4) is 0 Å². The summed E-state index contributed by atoms with van der Waals surface area (Å²) in [7, 11) is 1.30. The minimum Gasteiger partial charge on any atom is -0.468 e. The summed E-state index contributed by atoms with van der Waals surface area (Å²) in [5.41, 5.74) is 0.909. The molecule has 7 heteroatoms. The van der Waals surface area contributed by atoms with Gasteiger partial charge in [0.1, 0.15) is 6.04 Å². The van der Waals surface area contributed by atoms with Crippen molar-refractivity contribution in [2.24, 2.45) is 0 Å². The number of benzene rings is 1. The molecule has 0 radical (unpaired) electrons. The second kappa shape index (κ2) is 8.78. The van der Waals surface area contributed by atoms with Crippen molar-refractivity contribution in [3.05, 3.63) is 46.5 Å². The molecule has 1 aromatic carbocycles. The van der Waals surface area contributed by atoms with Gasteiger partial charge in [0.25, 0.3) is 0 Å². The van der Waals surface area contributed by atoms with Crippen LogP contribution in [0.5, 0.6) is 0 Å². The van der Waals surface area contributed by atoms with Crippen LogP contribution in [0.25, 0.3) is 0 Å². The Bertz CT molecular complexity index is 700. The number of likely N-dealkylation sites (tertiary alicyclic amines) is 1. The number of esters is 2. The van der Waals surface area contributed by atoms with E-state index in [1.54, 1.807) is 36.1 Å². The molecule has 0 aromatic heterocycles. The van der Waals surface area contributed by atoms with E-state index in [-0.39, 0.29) is 25.4 Å². The van der Waals surface area contributed by atoms with E-state index in [9.17, 15) is 14.4 Å². The monoisotopic (exact) mass is 365 g/mol. The van der Waals surface area contributed by atoms with Crippen molar-refractivity contribution in [2.45, 2.75) is 19.4 Å². The zero-order valence-corrected chi connectivity index (χ0v) is 14.9. The number of hydrogen-bond donors (Lipinski definition) is 0. The molecule has 0 aliphatic carbocycles. The maximum absolute atomic E-state index is 12.4. The lowest BCUT2D eigenvalue weighted by molar-refractivity contribution is -0.148. The van der Waals surface area contributed by atoms with Gasteiger partial charge >= 0.3 is 11.9 Å². The number of methoxy groups -OCH3 is 1. The molecular formula is C18H20ClNO5. The number of nitrogens with zero attached hydrogens (tertiary/aromatic N) is 1. The minimum absolute atomic E-state index is 0.132. The second-order valence-corrected chi connectivity index (χ2v) is 5.92. The van der Waals surface area contributed by atoms with Gasteiger partial charge in [0.15, 0.2) is 5.78 Å². The number of piperidine rings is 1. The molecule has 0 spiro atoms. The smallest absolute Gasteiger partial charge is 0.331 e. The van der Waals surface area contributed by atoms with Crippen LogP contribution in [0, 0.1) is 0 Å². The lowest BCUT2D eigenvalue weighted by Gasteiger charge is -2.33. The number of ketones is 1. The molecule has 6 nitrogen and oxygen atoms in total. The molecule has 0 unspecified atom stereocenters. The lowest BCUT2D eigenvalue weighted by atomic mass is 9.97. The summed E-state index contributed by atoms with van der Waals surface area (Å²) in [4.78, 5) is 37.9. The Balaban J connectivity index is 2.32. The van der Waals surface area contributed by atoms with E-state index in [0.29, 0.717) is 22.7 Å². The average molecular weight is 366 g/mol. The highest BCUT2D eigenvalue weighted by Crippen LogP contribution is 2.31. The topological polar surface area (TPSA) is 72.9 Å². The molecule has 1 aliphatic heterocycles. The van der Waals surface area contributed by atoms with E-state index in [2.05, 4.69) is 0 Å². The average Bonchev–Trinajstić information content (AvgIpc) is 2.59. The molecule has 0 bridgehead atoms. The third-order valence-corrected chi connectivity index (χ3v) is 4.27. The fraction of sp³-hybridized carbons (Fsp3) is 0.389. The number of carbonyl (C=O) groups excluding carboxylic acids is 3. The van der Waals surface area contributed by atoms with Gasteiger partial charge in [0, 0.05) is 36.2 Å². The normalized spacial score (nSPS) is 18.0. The van der Waals surface area contributed by atoms with Crippen molar-refractivity contribution in [1.82, 2.24) is 4.90 Å². The standard InChI is InChI=1S/C18H20ClNO5/c1-3-25-16(22)10-12-11-20(9-8-15(12)21)17(18(23)24-2)13-6-4-5-7-14(13)19/h4-7,10,17H,3,8-9,11H2,1-2H3/b12-10+/t17-/m0/s1. The highest BCUT2D eigenvalue weighted by Gasteiger charge is 2.34. The van der Waals surface area contributed by atoms with Gasteiger partial charge in [-0.25, -0.2) is 9.59 Å². The zero-order valence-electron chi connectivity index (χ0n) is 14.2. The zero-order chi connectivity index (χ0) is 18.4. The fourth-order valence-corrected chi connectivity index (χ4v) is 2.98. The van der Waals surface area contributed by atoms with E-state index in [0.717, 1.165) is 0 Å². The predicted molar refractivity (Wildman–Crippen MR) is 92.1 cm³/mol. The third-order valence-electron chi connectivity index (χ3n) is 3.93. The third kappa shape index (κ3) is 4.67. The van der Waals surface area contributed by atoms with Crippen LogP contribution < -0.4 is 0 Å². The molecule has 0 saturated carbocycles. The van der Waals surface area contributed by atoms with E-state index < -0.39 is 18.0 Å². The van der Waals surface area contributed by atoms with Crippen molar-refractivity contribution >= 4 is 29.3 Å². The Hall–Kier alpha value is -2.18. The minimum atomic E-state index is -0.752. The van der Waals surface area contributed by atoms with Gasteiger partial charge in [-0.05, 0) is 18.6 Å². The van der Waals surface area contributed by atoms with Crippen LogP contribution in [-0.4, -0.2) is 49.4 Å². The lowest BCUT2D eigenvalue weighted by Crippen LogP contribution is -2.42. The number of ether oxygens (including phenoxy) is 2. The van der Waals surface area contributed by atoms with Crippen LogP contribution in [-0.2, 0) is 23.9 Å². The number of carbonyl (C=O) groups is 3. The molecule has 1 atom stereocenters. The van der Waals surface area contributed by atoms with E-state index in [4.69, 9.17) is 21.1 Å². The van der Waals surface area contributed by atoms with Crippen LogP contribution in [0.1, 0.15) is 24.9 Å². The van der Waals surface area contributed by atoms with Crippen molar-refractivity contribution in [2.75, 3.05) is 26.8 Å². The van der Waals surface area contributed by atoms with Gasteiger partial charge in [0.05, 0.1) is 13.7 Å². The maximum Gasteiger partial charge on any atom is 0.331 e. The molecule has 2 rings (SSSR count). The van der Waals surface area contributed by atoms with E-state index in [1.807, 2.05) is 0 Å². The molecular weight excluding hydrogens is 346 g/mol. The predicted octanol–water partition coefficient (Wildman–Crippen LogP) is 2.32. The van der Waals surface area contributed by atoms with Gasteiger partial charge < -0.3 is 9.47 Å². The molecule has 0 N–H and O–H groups in total. The van der Waals surface area contributed by atoms with Gasteiger partial charge in [0.2, 0.25) is 0 Å². The van der Waals surface area contributed by atoms with Crippen molar-refractivity contribution in [3.8, 4) is 0 Å². The van der Waals surface area contributed by atoms with Gasteiger partial charge in [-0.2, -0.15) is 0 Å². The summed E-state index contributed by atoms with van der Waals surface area (Å²) in [6.07, 6.45) is 1.39. The summed E-state index contributed by atoms with van der Waals surface area (Å²) in [6, 6.07) is 6.23. The number of Topliss-reactive ketones (excluding diaryl/α,β-unsaturated/α-hetero) is 1. The number of hydrogen-bond acceptors (Lipinski definition) is 6. The Morgan fingerprint density at radius 2 is 2.08 bits per heavy atom. The first-order valence-electron chi connectivity index (χ1n) is 7.94. The first kappa shape index (κ1) is 19.1. The largest absolute Gasteiger partial charge is 0.468 e. The van der Waals surface area contributed by atoms with Gasteiger partial charge in [-0.15, -0.1) is 0 Å². The number of halogens is 1. The SMILES string of the molecule is CCOC(=O)/C=C1\CN([C@H](C(=O)OC)c2ccccc2Cl)CCC1=O. The summed E-state index contributed by atoms with van der Waals surface area (Å²) in [6.45, 7) is 2.42. The Morgan fingerprint density at radius 1 is 1.36 bits per heavy atom. The van der Waals surface area contributed by atoms with Gasteiger partial charge in [-0.1, -0.05) is 29.8 Å². The van der Waals surface area contributed by atoms with Crippen molar-refractivity contribution in [3.63, 3.8) is 0 Å². The quantitative estimate of drug-likeness (QED) is 0.589. The van der Waals surface area contributed by atoms with Crippen molar-refractivity contribution in [1.29, 1.82) is 0 Å². The van der Waals surface area contributed by atoms with Crippen LogP contribution >= 0.6 is 11.6 Å². The number of rotatable bonds is 5. The second-order valence-electron chi connectivity index (χ2n) is 5.51. The molecule has 1 aromatic rings. The molecule has 1 saturated heterocycles. The summed E-state index contributed by atoms with van der Waals surface area (Å²) < 4.78 is 9.78. The highest BCUT2D eigenvalue weighted by molar-refractivity contribution is 6.31. The molecule has 1 aliphatic rings. The summed E-state index contributed by atoms with van der Waals surface area (Å²) in [5, 5.41) is 0.436. The Kier molecular flexibility index (Phi) is 6.73. The van der Waals surface area contributed by atoms with E-state index in [1.165, 1.54) is 13.2 Å². The Labute approximate surface area is 151 Å². The molecule has 0 amide bonds. The van der Waals surface area contributed by atoms with Crippen LogP contribution in [0.2, 0.25) is 5.02 Å². The van der Waals surface area contributed by atoms with Crippen molar-refractivity contribution < 1.29 is 23.9 Å². The van der Waals surface area contributed by atoms with Crippen LogP contribution in [0.15, 0.2) is 35.9 Å². The van der Waals surface area contributed by atoms with Gasteiger partial charge in [-0.3, -0.25) is 9.69 Å². The molecule has 134 valence electrons. The summed E-state index contributed by atoms with van der Waals surface area (Å²) >= 11 is 6.24. The van der Waals surface area contributed by atoms with E-state index >= 15 is 0 Å². The molecule has 1 heterocycles. The first-order chi connectivity index (χ1) is 12.0. The fourth-order valence-electron chi connectivity index (χ4n) is 2.75. The highest BCUT2D eigenvalue weighted by atomic mass is 35.5. The van der Waals surface area contributed by atoms with Crippen LogP contribution in [0.4, 0.5) is 0 Å². The maximum atomic E-state index is 12.4. The Morgan fingerprint density at radius 3 is 2.72 bits per heavy atom. The molecule has 25 heavy (non-hydrogen) atoms. The first-order valence-corrected chi connectivity index (χ1v) is 8.32. The summed E-state index contributed by atoms with van der Waals surface area (Å²) in [5.74, 6) is -1.18.